The Labute approximate surface area is 83.1 Å². The van der Waals surface area contributed by atoms with E-state index in [0.29, 0.717) is 6.61 Å². The highest BCUT2D eigenvalue weighted by molar-refractivity contribution is 5.94. The third-order valence-corrected chi connectivity index (χ3v) is 2.33. The van der Waals surface area contributed by atoms with Crippen molar-refractivity contribution in [3.63, 3.8) is 0 Å². The average Bonchev–Trinajstić information content (AvgIpc) is 2.27. The number of anilines is 1. The molecule has 1 atom stereocenters. The second-order valence-corrected chi connectivity index (χ2v) is 3.70. The van der Waals surface area contributed by atoms with Crippen molar-refractivity contribution in [1.29, 1.82) is 0 Å². The monoisotopic (exact) mass is 191 g/mol. The predicted octanol–water partition coefficient (Wildman–Crippen LogP) is 1.96. The molecule has 3 nitrogen and oxygen atoms in total. The molecule has 0 bridgehead atoms. The van der Waals surface area contributed by atoms with Crippen molar-refractivity contribution in [2.45, 2.75) is 13.8 Å². The van der Waals surface area contributed by atoms with Gasteiger partial charge in [0.1, 0.15) is 5.75 Å². The van der Waals surface area contributed by atoms with Gasteiger partial charge in [0, 0.05) is 0 Å². The number of nitrogens with one attached hydrogen (secondary N) is 1. The van der Waals surface area contributed by atoms with E-state index in [2.05, 4.69) is 5.32 Å². The number of carbonyl (C=O) groups is 1. The minimum absolute atomic E-state index is 0.0225. The molecule has 0 spiro atoms. The fourth-order valence-corrected chi connectivity index (χ4v) is 1.41. The van der Waals surface area contributed by atoms with Crippen molar-refractivity contribution in [3.05, 3.63) is 23.8 Å². The van der Waals surface area contributed by atoms with Crippen molar-refractivity contribution in [2.75, 3.05) is 11.9 Å². The van der Waals surface area contributed by atoms with Crippen LogP contribution in [0.2, 0.25) is 0 Å². The van der Waals surface area contributed by atoms with Gasteiger partial charge in [-0.1, -0.05) is 13.0 Å². The van der Waals surface area contributed by atoms with Crippen LogP contribution in [-0.4, -0.2) is 12.5 Å². The molecule has 0 fully saturated rings. The lowest BCUT2D eigenvalue weighted by Crippen LogP contribution is -2.22. The zero-order valence-electron chi connectivity index (χ0n) is 8.33. The van der Waals surface area contributed by atoms with Gasteiger partial charge in [-0.25, -0.2) is 0 Å². The van der Waals surface area contributed by atoms with E-state index in [4.69, 9.17) is 4.74 Å². The summed E-state index contributed by atoms with van der Waals surface area (Å²) in [5.41, 5.74) is 1.89. The molecule has 3 heteroatoms. The molecule has 74 valence electrons. The van der Waals surface area contributed by atoms with Gasteiger partial charge in [0.05, 0.1) is 18.2 Å². The second kappa shape index (κ2) is 3.33. The van der Waals surface area contributed by atoms with Gasteiger partial charge in [-0.3, -0.25) is 4.79 Å². The molecule has 0 radical (unpaired) electrons. The van der Waals surface area contributed by atoms with Gasteiger partial charge < -0.3 is 10.1 Å². The summed E-state index contributed by atoms with van der Waals surface area (Å²) in [6.45, 7) is 4.29. The first-order chi connectivity index (χ1) is 6.66. The summed E-state index contributed by atoms with van der Waals surface area (Å²) in [6, 6.07) is 5.79. The largest absolute Gasteiger partial charge is 0.491 e. The van der Waals surface area contributed by atoms with Crippen molar-refractivity contribution in [2.24, 2.45) is 5.92 Å². The zero-order valence-corrected chi connectivity index (χ0v) is 8.33. The Kier molecular flexibility index (Phi) is 2.15. The Balaban J connectivity index is 2.38. The molecule has 0 aliphatic carbocycles. The second-order valence-electron chi connectivity index (χ2n) is 3.70. The lowest BCUT2D eigenvalue weighted by molar-refractivity contribution is -0.119. The van der Waals surface area contributed by atoms with E-state index in [0.717, 1.165) is 17.0 Å². The Bertz CT molecular complexity index is 374. The summed E-state index contributed by atoms with van der Waals surface area (Å²) in [5, 5.41) is 2.85. The van der Waals surface area contributed by atoms with E-state index < -0.39 is 0 Å². The number of ether oxygens (including phenoxy) is 1. The van der Waals surface area contributed by atoms with Crippen molar-refractivity contribution < 1.29 is 9.53 Å². The predicted molar refractivity (Wildman–Crippen MR) is 54.5 cm³/mol. The lowest BCUT2D eigenvalue weighted by atomic mass is 10.2. The van der Waals surface area contributed by atoms with Crippen LogP contribution in [-0.2, 0) is 4.79 Å². The van der Waals surface area contributed by atoms with E-state index in [1.165, 1.54) is 0 Å². The summed E-state index contributed by atoms with van der Waals surface area (Å²) in [6.07, 6.45) is 0. The van der Waals surface area contributed by atoms with Gasteiger partial charge in [-0.2, -0.15) is 0 Å². The number of rotatable bonds is 0. The van der Waals surface area contributed by atoms with Gasteiger partial charge in [0.25, 0.3) is 0 Å². The maximum absolute atomic E-state index is 11.5. The van der Waals surface area contributed by atoms with Gasteiger partial charge >= 0.3 is 0 Å². The number of carbonyl (C=O) groups excluding carboxylic acids is 1. The van der Waals surface area contributed by atoms with E-state index in [-0.39, 0.29) is 11.8 Å². The summed E-state index contributed by atoms with van der Waals surface area (Å²) < 4.78 is 5.50. The van der Waals surface area contributed by atoms with Crippen LogP contribution < -0.4 is 10.1 Å². The number of benzene rings is 1. The number of hydrogen-bond acceptors (Lipinski definition) is 2. The highest BCUT2D eigenvalue weighted by Crippen LogP contribution is 2.28. The smallest absolute Gasteiger partial charge is 0.230 e. The molecule has 0 aromatic heterocycles. The van der Waals surface area contributed by atoms with Gasteiger partial charge in [-0.15, -0.1) is 0 Å². The normalized spacial score (nSPS) is 20.4. The molecule has 0 saturated heterocycles. The first-order valence-corrected chi connectivity index (χ1v) is 4.71. The Morgan fingerprint density at radius 2 is 2.29 bits per heavy atom. The molecule has 1 amide bonds. The van der Waals surface area contributed by atoms with E-state index in [9.17, 15) is 4.79 Å². The number of amides is 1. The Hall–Kier alpha value is -1.51. The Morgan fingerprint density at radius 1 is 1.50 bits per heavy atom. The molecule has 1 aromatic rings. The van der Waals surface area contributed by atoms with Crippen molar-refractivity contribution >= 4 is 11.6 Å². The van der Waals surface area contributed by atoms with Gasteiger partial charge in [-0.05, 0) is 24.6 Å². The standard InChI is InChI=1S/C11H13NO2/c1-7-3-4-10-9(5-7)12-11(13)8(2)6-14-10/h3-5,8H,6H2,1-2H3,(H,12,13). The minimum atomic E-state index is -0.0947. The SMILES string of the molecule is Cc1ccc2c(c1)NC(=O)C(C)CO2. The van der Waals surface area contributed by atoms with Crippen molar-refractivity contribution in [3.8, 4) is 5.75 Å². The van der Waals surface area contributed by atoms with Crippen LogP contribution in [0.25, 0.3) is 0 Å². The van der Waals surface area contributed by atoms with E-state index >= 15 is 0 Å². The number of fused-ring (bicyclic) bond motifs is 1. The molecule has 14 heavy (non-hydrogen) atoms. The summed E-state index contributed by atoms with van der Waals surface area (Å²) in [5.74, 6) is 0.686. The van der Waals surface area contributed by atoms with Crippen LogP contribution in [0.5, 0.6) is 5.75 Å². The topological polar surface area (TPSA) is 38.3 Å². The molecule has 2 rings (SSSR count). The van der Waals surface area contributed by atoms with E-state index in [1.54, 1.807) is 0 Å². The fraction of sp³-hybridized carbons (Fsp3) is 0.364. The first kappa shape index (κ1) is 9.06. The molecular weight excluding hydrogens is 178 g/mol. The van der Waals surface area contributed by atoms with Crippen LogP contribution >= 0.6 is 0 Å². The fourth-order valence-electron chi connectivity index (χ4n) is 1.41. The van der Waals surface area contributed by atoms with Crippen LogP contribution in [0.15, 0.2) is 18.2 Å². The zero-order chi connectivity index (χ0) is 10.1. The molecule has 1 unspecified atom stereocenters. The molecule has 1 aliphatic rings. The molecule has 1 aromatic carbocycles. The molecular formula is C11H13NO2. The van der Waals surface area contributed by atoms with E-state index in [1.807, 2.05) is 32.0 Å². The van der Waals surface area contributed by atoms with Gasteiger partial charge in [0.15, 0.2) is 0 Å². The molecule has 0 saturated carbocycles. The summed E-state index contributed by atoms with van der Waals surface area (Å²) in [7, 11) is 0. The third-order valence-electron chi connectivity index (χ3n) is 2.33. The maximum atomic E-state index is 11.5. The molecule has 1 heterocycles. The highest BCUT2D eigenvalue weighted by Gasteiger charge is 2.20. The number of aryl methyl sites for hydroxylation is 1. The van der Waals surface area contributed by atoms with Gasteiger partial charge in [0.2, 0.25) is 5.91 Å². The first-order valence-electron chi connectivity index (χ1n) is 4.71. The van der Waals surface area contributed by atoms with Crippen LogP contribution in [0, 0.1) is 12.8 Å². The van der Waals surface area contributed by atoms with Crippen LogP contribution in [0.4, 0.5) is 5.69 Å². The molecule has 1 N–H and O–H groups in total. The summed E-state index contributed by atoms with van der Waals surface area (Å²) in [4.78, 5) is 11.5. The highest BCUT2D eigenvalue weighted by atomic mass is 16.5. The molecule has 1 aliphatic heterocycles. The van der Waals surface area contributed by atoms with Crippen LogP contribution in [0.1, 0.15) is 12.5 Å². The third kappa shape index (κ3) is 1.58. The van der Waals surface area contributed by atoms with Crippen molar-refractivity contribution in [1.82, 2.24) is 0 Å². The average molecular weight is 191 g/mol. The lowest BCUT2D eigenvalue weighted by Gasteiger charge is -2.06. The minimum Gasteiger partial charge on any atom is -0.491 e. The Morgan fingerprint density at radius 3 is 3.07 bits per heavy atom. The maximum Gasteiger partial charge on any atom is 0.230 e. The van der Waals surface area contributed by atoms with Crippen LogP contribution in [0.3, 0.4) is 0 Å². The quantitative estimate of drug-likeness (QED) is 0.680. The number of hydrogen-bond donors (Lipinski definition) is 1. The summed E-state index contributed by atoms with van der Waals surface area (Å²) >= 11 is 0.